The van der Waals surface area contributed by atoms with Gasteiger partial charge in [-0.2, -0.15) is 13.9 Å². The van der Waals surface area contributed by atoms with E-state index in [-0.39, 0.29) is 18.6 Å². The molecule has 2 aromatic carbocycles. The van der Waals surface area contributed by atoms with Crippen LogP contribution in [0.25, 0.3) is 10.9 Å². The predicted molar refractivity (Wildman–Crippen MR) is 122 cm³/mol. The zero-order valence-electron chi connectivity index (χ0n) is 18.8. The average Bonchev–Trinajstić information content (AvgIpc) is 3.39. The van der Waals surface area contributed by atoms with Crippen molar-refractivity contribution in [2.45, 2.75) is 56.8 Å². The molecular formula is C25H26F2N4O3. The summed E-state index contributed by atoms with van der Waals surface area (Å²) in [6.07, 6.45) is 4.57. The van der Waals surface area contributed by atoms with E-state index in [0.717, 1.165) is 35.7 Å². The molecule has 0 radical (unpaired) electrons. The number of ether oxygens (including phenoxy) is 1. The van der Waals surface area contributed by atoms with Gasteiger partial charge >= 0.3 is 5.92 Å². The molecule has 0 spiro atoms. The number of benzene rings is 2. The van der Waals surface area contributed by atoms with Crippen LogP contribution in [0.4, 0.5) is 14.5 Å². The molecule has 1 unspecified atom stereocenters. The lowest BCUT2D eigenvalue weighted by Gasteiger charge is -2.30. The summed E-state index contributed by atoms with van der Waals surface area (Å²) in [6, 6.07) is 13.3. The van der Waals surface area contributed by atoms with Crippen LogP contribution in [-0.2, 0) is 14.3 Å². The number of carbonyl (C=O) groups is 2. The van der Waals surface area contributed by atoms with E-state index in [0.29, 0.717) is 19.2 Å². The number of nitrogens with zero attached hydrogens (tertiary/aromatic N) is 3. The Hall–Kier alpha value is -3.33. The van der Waals surface area contributed by atoms with Crippen LogP contribution in [-0.4, -0.2) is 40.2 Å². The maximum Gasteiger partial charge on any atom is 0.321 e. The van der Waals surface area contributed by atoms with Gasteiger partial charge in [-0.15, -0.1) is 0 Å². The van der Waals surface area contributed by atoms with Crippen LogP contribution in [0.1, 0.15) is 50.4 Å². The number of rotatable bonds is 5. The molecule has 5 rings (SSSR count). The second-order valence-corrected chi connectivity index (χ2v) is 8.95. The Balaban J connectivity index is 1.50. The first-order chi connectivity index (χ1) is 16.3. The van der Waals surface area contributed by atoms with Crippen LogP contribution >= 0.6 is 0 Å². The molecule has 7 nitrogen and oxygen atoms in total. The van der Waals surface area contributed by atoms with Gasteiger partial charge in [0.2, 0.25) is 5.91 Å². The highest BCUT2D eigenvalue weighted by Crippen LogP contribution is 2.39. The van der Waals surface area contributed by atoms with Crippen LogP contribution in [0.15, 0.2) is 54.7 Å². The maximum atomic E-state index is 13.6. The molecule has 0 saturated carbocycles. The molecule has 34 heavy (non-hydrogen) atoms. The summed E-state index contributed by atoms with van der Waals surface area (Å²) in [4.78, 5) is 26.8. The van der Waals surface area contributed by atoms with Crippen molar-refractivity contribution in [3.63, 3.8) is 0 Å². The van der Waals surface area contributed by atoms with E-state index < -0.39 is 23.9 Å². The molecule has 0 bridgehead atoms. The van der Waals surface area contributed by atoms with Crippen molar-refractivity contribution in [2.24, 2.45) is 0 Å². The van der Waals surface area contributed by atoms with Crippen molar-refractivity contribution in [1.82, 2.24) is 15.1 Å². The molecule has 1 N–H and O–H groups in total. The molecule has 0 aliphatic carbocycles. The Morgan fingerprint density at radius 1 is 1.18 bits per heavy atom. The summed E-state index contributed by atoms with van der Waals surface area (Å²) in [6.45, 7) is 1.26. The molecule has 2 aliphatic rings. The lowest BCUT2D eigenvalue weighted by Crippen LogP contribution is -2.46. The molecule has 1 aromatic heterocycles. The molecule has 2 aliphatic heterocycles. The number of anilines is 1. The second-order valence-electron chi connectivity index (χ2n) is 8.95. The summed E-state index contributed by atoms with van der Waals surface area (Å²) in [5.41, 5.74) is 2.27. The summed E-state index contributed by atoms with van der Waals surface area (Å²) < 4.78 is 35.0. The van der Waals surface area contributed by atoms with Gasteiger partial charge in [0.1, 0.15) is 0 Å². The Labute approximate surface area is 195 Å². The summed E-state index contributed by atoms with van der Waals surface area (Å²) in [5, 5.41) is 7.76. The standard InChI is InChI=1S/C25H26F2N4O3/c1-25(26,27)24(33)29-19-14-21(32)30(23(19)16-7-3-2-4-8-16)18-10-11-20-17(13-18)15-28-31(20)22-9-5-6-12-34-22/h2-4,7-8,10-11,13,15,19,22-23H,5-6,9,12,14H2,1H3,(H,29,33)/t19-,22?,23+/m0/s1. The lowest BCUT2D eigenvalue weighted by molar-refractivity contribution is -0.143. The molecule has 9 heteroatoms. The van der Waals surface area contributed by atoms with Gasteiger partial charge in [0, 0.05) is 31.0 Å². The van der Waals surface area contributed by atoms with Gasteiger partial charge in [0.05, 0.1) is 23.8 Å². The maximum absolute atomic E-state index is 13.6. The van der Waals surface area contributed by atoms with E-state index in [9.17, 15) is 18.4 Å². The minimum Gasteiger partial charge on any atom is -0.356 e. The monoisotopic (exact) mass is 468 g/mol. The highest BCUT2D eigenvalue weighted by Gasteiger charge is 2.45. The first-order valence-corrected chi connectivity index (χ1v) is 11.5. The first-order valence-electron chi connectivity index (χ1n) is 11.5. The van der Waals surface area contributed by atoms with Gasteiger partial charge in [-0.3, -0.25) is 9.59 Å². The fourth-order valence-corrected chi connectivity index (χ4v) is 4.83. The molecule has 3 atom stereocenters. The first kappa shape index (κ1) is 22.5. The van der Waals surface area contributed by atoms with Crippen molar-refractivity contribution >= 4 is 28.4 Å². The minimum atomic E-state index is -3.54. The highest BCUT2D eigenvalue weighted by molar-refractivity contribution is 6.00. The summed E-state index contributed by atoms with van der Waals surface area (Å²) in [5.74, 6) is -5.18. The Morgan fingerprint density at radius 3 is 2.68 bits per heavy atom. The van der Waals surface area contributed by atoms with Crippen LogP contribution in [0.5, 0.6) is 0 Å². The van der Waals surface area contributed by atoms with Crippen molar-refractivity contribution < 1.29 is 23.1 Å². The van der Waals surface area contributed by atoms with Crippen LogP contribution in [0.3, 0.4) is 0 Å². The third-order valence-corrected chi connectivity index (χ3v) is 6.46. The van der Waals surface area contributed by atoms with Gasteiger partial charge in [0.25, 0.3) is 5.91 Å². The summed E-state index contributed by atoms with van der Waals surface area (Å²) >= 11 is 0. The predicted octanol–water partition coefficient (Wildman–Crippen LogP) is 4.35. The third-order valence-electron chi connectivity index (χ3n) is 6.46. The number of carbonyl (C=O) groups excluding carboxylic acids is 2. The van der Waals surface area contributed by atoms with E-state index in [1.165, 1.54) is 0 Å². The topological polar surface area (TPSA) is 76.5 Å². The van der Waals surface area contributed by atoms with Gasteiger partial charge in [-0.05, 0) is 43.0 Å². The fourth-order valence-electron chi connectivity index (χ4n) is 4.83. The summed E-state index contributed by atoms with van der Waals surface area (Å²) in [7, 11) is 0. The van der Waals surface area contributed by atoms with Crippen molar-refractivity contribution in [1.29, 1.82) is 0 Å². The van der Waals surface area contributed by atoms with Crippen LogP contribution < -0.4 is 10.2 Å². The molecule has 2 saturated heterocycles. The molecule has 3 aromatic rings. The lowest BCUT2D eigenvalue weighted by atomic mass is 9.99. The average molecular weight is 469 g/mol. The quantitative estimate of drug-likeness (QED) is 0.604. The number of hydrogen-bond acceptors (Lipinski definition) is 4. The Bertz CT molecular complexity index is 1200. The van der Waals surface area contributed by atoms with Crippen molar-refractivity contribution in [3.8, 4) is 0 Å². The van der Waals surface area contributed by atoms with Gasteiger partial charge < -0.3 is 15.0 Å². The zero-order chi connectivity index (χ0) is 23.9. The number of alkyl halides is 2. The highest BCUT2D eigenvalue weighted by atomic mass is 19.3. The Kier molecular flexibility index (Phi) is 5.81. The van der Waals surface area contributed by atoms with Gasteiger partial charge in [-0.25, -0.2) is 4.68 Å². The third kappa shape index (κ3) is 4.16. The zero-order valence-corrected chi connectivity index (χ0v) is 18.8. The molecule has 2 amide bonds. The smallest absolute Gasteiger partial charge is 0.321 e. The molecule has 2 fully saturated rings. The van der Waals surface area contributed by atoms with Crippen LogP contribution in [0.2, 0.25) is 0 Å². The van der Waals surface area contributed by atoms with E-state index in [1.54, 1.807) is 11.1 Å². The van der Waals surface area contributed by atoms with E-state index in [1.807, 2.05) is 53.2 Å². The fraction of sp³-hybridized carbons (Fsp3) is 0.400. The van der Waals surface area contributed by atoms with E-state index in [2.05, 4.69) is 10.4 Å². The SMILES string of the molecule is CC(F)(F)C(=O)N[C@H]1CC(=O)N(c2ccc3c(cnn3C3CCCCO3)c2)[C@@H]1c1ccccc1. The van der Waals surface area contributed by atoms with Gasteiger partial charge in [-0.1, -0.05) is 30.3 Å². The number of aromatic nitrogens is 2. The van der Waals surface area contributed by atoms with Crippen molar-refractivity contribution in [2.75, 3.05) is 11.5 Å². The number of fused-ring (bicyclic) bond motifs is 1. The second kappa shape index (κ2) is 8.79. The van der Waals surface area contributed by atoms with E-state index in [4.69, 9.17) is 4.74 Å². The largest absolute Gasteiger partial charge is 0.356 e. The van der Waals surface area contributed by atoms with Crippen molar-refractivity contribution in [3.05, 3.63) is 60.3 Å². The normalized spacial score (nSPS) is 23.4. The minimum absolute atomic E-state index is 0.0748. The van der Waals surface area contributed by atoms with E-state index >= 15 is 0 Å². The molecule has 178 valence electrons. The number of amides is 2. The molecule has 3 heterocycles. The Morgan fingerprint density at radius 2 is 1.97 bits per heavy atom. The number of hydrogen-bond donors (Lipinski definition) is 1. The van der Waals surface area contributed by atoms with Gasteiger partial charge in [0.15, 0.2) is 6.23 Å². The molecular weight excluding hydrogens is 442 g/mol. The van der Waals surface area contributed by atoms with Crippen LogP contribution in [0, 0.1) is 0 Å². The number of nitrogens with one attached hydrogen (secondary N) is 1. The number of halogens is 2.